The summed E-state index contributed by atoms with van der Waals surface area (Å²) in [6.45, 7) is 3.01. The average molecular weight is 582 g/mol. The summed E-state index contributed by atoms with van der Waals surface area (Å²) < 4.78 is 10.9. The largest absolute Gasteiger partial charge is 0.469 e. The number of nitrogens with zero attached hydrogens (tertiary/aromatic N) is 5. The molecular weight excluding hydrogens is 553 g/mol. The van der Waals surface area contributed by atoms with Crippen molar-refractivity contribution in [2.75, 3.05) is 25.5 Å². The monoisotopic (exact) mass is 581 g/mol. The second kappa shape index (κ2) is 13.1. The smallest absolute Gasteiger partial charge is 0.305 e. The van der Waals surface area contributed by atoms with Gasteiger partial charge >= 0.3 is 5.97 Å². The van der Waals surface area contributed by atoms with Crippen LogP contribution in [0.15, 0.2) is 55.0 Å². The molecule has 5 rings (SSSR count). The second-order valence-electron chi connectivity index (χ2n) is 9.64. The molecule has 0 unspecified atom stereocenters. The fraction of sp³-hybridized carbons (Fsp3) is 0.321. The van der Waals surface area contributed by atoms with Crippen LogP contribution >= 0.6 is 23.2 Å². The van der Waals surface area contributed by atoms with Crippen molar-refractivity contribution in [3.63, 3.8) is 0 Å². The van der Waals surface area contributed by atoms with Gasteiger partial charge in [-0.25, -0.2) is 15.0 Å². The number of likely N-dealkylation sites (tertiary alicyclic amines) is 1. The molecule has 1 fully saturated rings. The number of hydrogen-bond acceptors (Lipinski definition) is 9. The number of hydrogen-bond donors (Lipinski definition) is 2. The Morgan fingerprint density at radius 1 is 1.10 bits per heavy atom. The SMILES string of the molecule is COC(=O)CC1CCN(Cc2cc(Oc3cnc(NCc4ccn[nH]4)nc3)nc(-c3cc(Cl)cc(Cl)c3)c2)CC1. The maximum Gasteiger partial charge on any atom is 0.305 e. The molecule has 12 heteroatoms. The number of benzene rings is 1. The highest BCUT2D eigenvalue weighted by Gasteiger charge is 2.22. The summed E-state index contributed by atoms with van der Waals surface area (Å²) in [4.78, 5) is 27.4. The topological polar surface area (TPSA) is 118 Å². The number of pyridine rings is 1. The lowest BCUT2D eigenvalue weighted by molar-refractivity contribution is -0.142. The van der Waals surface area contributed by atoms with E-state index in [4.69, 9.17) is 37.7 Å². The molecule has 2 N–H and O–H groups in total. The lowest BCUT2D eigenvalue weighted by Gasteiger charge is -2.31. The molecule has 4 aromatic rings. The zero-order valence-corrected chi connectivity index (χ0v) is 23.5. The van der Waals surface area contributed by atoms with Crippen LogP contribution in [0.4, 0.5) is 5.95 Å². The first-order chi connectivity index (χ1) is 19.4. The molecular formula is C28H29Cl2N7O3. The van der Waals surface area contributed by atoms with Gasteiger partial charge in [0.1, 0.15) is 0 Å². The van der Waals surface area contributed by atoms with Gasteiger partial charge in [0.2, 0.25) is 11.8 Å². The van der Waals surface area contributed by atoms with Gasteiger partial charge in [-0.2, -0.15) is 5.10 Å². The second-order valence-corrected chi connectivity index (χ2v) is 10.5. The fourth-order valence-corrected chi connectivity index (χ4v) is 5.14. The van der Waals surface area contributed by atoms with E-state index in [-0.39, 0.29) is 5.97 Å². The number of aromatic amines is 1. The van der Waals surface area contributed by atoms with Gasteiger partial charge < -0.3 is 14.8 Å². The van der Waals surface area contributed by atoms with Gasteiger partial charge in [-0.1, -0.05) is 23.2 Å². The van der Waals surface area contributed by atoms with Gasteiger partial charge in [0.15, 0.2) is 5.75 Å². The molecule has 0 radical (unpaired) electrons. The van der Waals surface area contributed by atoms with Crippen molar-refractivity contribution in [3.8, 4) is 22.9 Å². The molecule has 0 bridgehead atoms. The number of anilines is 1. The standard InChI is InChI=1S/C28H29Cl2N7O3/c1-39-27(38)10-18-3-6-37(7-4-18)17-19-8-25(20-11-21(29)13-22(30)12-20)35-26(9-19)40-24-15-32-28(33-16-24)31-14-23-2-5-34-36-23/h2,5,8-9,11-13,15-16,18H,3-4,6-7,10,14,17H2,1H3,(H,34,36)(H,31,32,33). The Labute approximate surface area is 242 Å². The number of rotatable bonds is 10. The van der Waals surface area contributed by atoms with E-state index < -0.39 is 0 Å². The molecule has 3 aromatic heterocycles. The van der Waals surface area contributed by atoms with Gasteiger partial charge in [0.25, 0.3) is 0 Å². The Kier molecular flexibility index (Phi) is 9.10. The first kappa shape index (κ1) is 27.8. The van der Waals surface area contributed by atoms with Crippen molar-refractivity contribution in [1.29, 1.82) is 0 Å². The summed E-state index contributed by atoms with van der Waals surface area (Å²) >= 11 is 12.6. The first-order valence-electron chi connectivity index (χ1n) is 12.9. The van der Waals surface area contributed by atoms with Gasteiger partial charge in [0.05, 0.1) is 37.4 Å². The highest BCUT2D eigenvalue weighted by atomic mass is 35.5. The molecule has 4 heterocycles. The van der Waals surface area contributed by atoms with E-state index >= 15 is 0 Å². The van der Waals surface area contributed by atoms with Crippen LogP contribution in [0.2, 0.25) is 10.0 Å². The zero-order valence-electron chi connectivity index (χ0n) is 21.9. The van der Waals surface area contributed by atoms with Crippen LogP contribution in [-0.2, 0) is 22.6 Å². The van der Waals surface area contributed by atoms with Crippen molar-refractivity contribution < 1.29 is 14.3 Å². The Balaban J connectivity index is 1.31. The Bertz CT molecular complexity index is 1410. The molecule has 0 aliphatic carbocycles. The van der Waals surface area contributed by atoms with E-state index in [0.717, 1.165) is 42.8 Å². The lowest BCUT2D eigenvalue weighted by atomic mass is 9.93. The molecule has 208 valence electrons. The molecule has 0 amide bonds. The Morgan fingerprint density at radius 3 is 2.52 bits per heavy atom. The third-order valence-corrected chi connectivity index (χ3v) is 7.10. The Morgan fingerprint density at radius 2 is 1.85 bits per heavy atom. The van der Waals surface area contributed by atoms with Gasteiger partial charge in [-0.15, -0.1) is 0 Å². The molecule has 0 spiro atoms. The van der Waals surface area contributed by atoms with Crippen molar-refractivity contribution in [2.24, 2.45) is 5.92 Å². The van der Waals surface area contributed by atoms with Crippen molar-refractivity contribution in [3.05, 3.63) is 76.3 Å². The van der Waals surface area contributed by atoms with Crippen molar-refractivity contribution >= 4 is 35.1 Å². The van der Waals surface area contributed by atoms with E-state index in [1.165, 1.54) is 7.11 Å². The first-order valence-corrected chi connectivity index (χ1v) is 13.7. The quantitative estimate of drug-likeness (QED) is 0.226. The van der Waals surface area contributed by atoms with E-state index in [1.807, 2.05) is 30.3 Å². The van der Waals surface area contributed by atoms with Crippen molar-refractivity contribution in [1.82, 2.24) is 30.0 Å². The van der Waals surface area contributed by atoms with Crippen LogP contribution in [0, 0.1) is 5.92 Å². The lowest BCUT2D eigenvalue weighted by Crippen LogP contribution is -2.34. The van der Waals surface area contributed by atoms with Crippen LogP contribution in [0.1, 0.15) is 30.5 Å². The number of carbonyl (C=O) groups excluding carboxylic acids is 1. The minimum absolute atomic E-state index is 0.148. The predicted octanol–water partition coefficient (Wildman–Crippen LogP) is 5.75. The number of piperidine rings is 1. The summed E-state index contributed by atoms with van der Waals surface area (Å²) in [6.07, 6.45) is 7.24. The average Bonchev–Trinajstić information content (AvgIpc) is 3.47. The molecule has 0 atom stereocenters. The summed E-state index contributed by atoms with van der Waals surface area (Å²) in [7, 11) is 1.44. The van der Waals surface area contributed by atoms with E-state index in [9.17, 15) is 4.79 Å². The maximum absolute atomic E-state index is 11.7. The molecule has 1 aliphatic heterocycles. The van der Waals surface area contributed by atoms with Crippen LogP contribution < -0.4 is 10.1 Å². The molecule has 1 saturated heterocycles. The number of ether oxygens (including phenoxy) is 2. The van der Waals surface area contributed by atoms with E-state index in [2.05, 4.69) is 30.4 Å². The van der Waals surface area contributed by atoms with Gasteiger partial charge in [-0.05, 0) is 67.7 Å². The van der Waals surface area contributed by atoms with Crippen LogP contribution in [-0.4, -0.2) is 56.2 Å². The Hall–Kier alpha value is -3.73. The highest BCUT2D eigenvalue weighted by Crippen LogP contribution is 2.31. The molecule has 1 aromatic carbocycles. The van der Waals surface area contributed by atoms with E-state index in [1.54, 1.807) is 24.7 Å². The highest BCUT2D eigenvalue weighted by molar-refractivity contribution is 6.35. The number of esters is 1. The zero-order chi connectivity index (χ0) is 27.9. The number of aromatic nitrogens is 5. The molecule has 10 nitrogen and oxygen atoms in total. The van der Waals surface area contributed by atoms with Gasteiger partial charge in [-0.3, -0.25) is 14.8 Å². The molecule has 40 heavy (non-hydrogen) atoms. The third kappa shape index (κ3) is 7.68. The minimum Gasteiger partial charge on any atom is -0.469 e. The number of H-pyrrole nitrogens is 1. The maximum atomic E-state index is 11.7. The summed E-state index contributed by atoms with van der Waals surface area (Å²) in [6, 6.07) is 11.1. The third-order valence-electron chi connectivity index (χ3n) is 6.66. The summed E-state index contributed by atoms with van der Waals surface area (Å²) in [5.74, 6) is 1.53. The summed E-state index contributed by atoms with van der Waals surface area (Å²) in [5.41, 5.74) is 3.43. The number of nitrogens with one attached hydrogen (secondary N) is 2. The number of methoxy groups -OCH3 is 1. The predicted molar refractivity (Wildman–Crippen MR) is 152 cm³/mol. The van der Waals surface area contributed by atoms with Crippen LogP contribution in [0.3, 0.4) is 0 Å². The minimum atomic E-state index is -0.148. The fourth-order valence-electron chi connectivity index (χ4n) is 4.62. The van der Waals surface area contributed by atoms with Gasteiger partial charge in [0, 0.05) is 40.8 Å². The molecule has 1 aliphatic rings. The number of carbonyl (C=O) groups is 1. The van der Waals surface area contributed by atoms with E-state index in [0.29, 0.717) is 58.7 Å². The molecule has 0 saturated carbocycles. The van der Waals surface area contributed by atoms with Crippen molar-refractivity contribution in [2.45, 2.75) is 32.4 Å². The van der Waals surface area contributed by atoms with Crippen LogP contribution in [0.5, 0.6) is 11.6 Å². The van der Waals surface area contributed by atoms with Crippen LogP contribution in [0.25, 0.3) is 11.3 Å². The number of halogens is 2. The normalized spacial score (nSPS) is 14.2. The summed E-state index contributed by atoms with van der Waals surface area (Å²) in [5, 5.41) is 11.0.